The van der Waals surface area contributed by atoms with E-state index in [0.29, 0.717) is 5.92 Å². The van der Waals surface area contributed by atoms with Crippen molar-refractivity contribution in [3.8, 4) is 0 Å². The second-order valence-corrected chi connectivity index (χ2v) is 8.03. The van der Waals surface area contributed by atoms with Gasteiger partial charge in [-0.15, -0.1) is 0 Å². The molecule has 9 heteroatoms. The van der Waals surface area contributed by atoms with E-state index >= 15 is 0 Å². The maximum absolute atomic E-state index is 12.2. The third-order valence-electron chi connectivity index (χ3n) is 4.57. The molecule has 0 aliphatic carbocycles. The van der Waals surface area contributed by atoms with Gasteiger partial charge in [0.15, 0.2) is 0 Å². The van der Waals surface area contributed by atoms with Crippen molar-refractivity contribution in [3.63, 3.8) is 0 Å². The minimum absolute atomic E-state index is 0.211. The van der Waals surface area contributed by atoms with Gasteiger partial charge < -0.3 is 4.90 Å². The number of tetrazole rings is 1. The summed E-state index contributed by atoms with van der Waals surface area (Å²) in [7, 11) is -1.85. The number of hydrogen-bond donors (Lipinski definition) is 0. The first kappa shape index (κ1) is 17.8. The van der Waals surface area contributed by atoms with Gasteiger partial charge in [0.05, 0.1) is 11.5 Å². The molecule has 1 aliphatic heterocycles. The largest absolute Gasteiger partial charge is 0.340 e. The number of anilines is 1. The molecule has 136 valence electrons. The number of nitrogens with zero attached hydrogens (tertiary/aromatic N) is 5. The van der Waals surface area contributed by atoms with E-state index in [1.54, 1.807) is 28.9 Å². The molecular formula is C16H23N5O3S. The average Bonchev–Trinajstić information content (AvgIpc) is 3.02. The zero-order valence-electron chi connectivity index (χ0n) is 14.5. The Kier molecular flexibility index (Phi) is 5.33. The molecule has 2 heterocycles. The highest BCUT2D eigenvalue weighted by Gasteiger charge is 2.23. The molecule has 1 fully saturated rings. The second kappa shape index (κ2) is 7.49. The Labute approximate surface area is 147 Å². The first-order valence-corrected chi connectivity index (χ1v) is 9.80. The maximum atomic E-state index is 12.2. The smallest absolute Gasteiger partial charge is 0.296 e. The van der Waals surface area contributed by atoms with Crippen LogP contribution in [-0.2, 0) is 21.3 Å². The van der Waals surface area contributed by atoms with Gasteiger partial charge in [-0.1, -0.05) is 22.8 Å². The molecule has 1 aromatic carbocycles. The predicted octanol–water partition coefficient (Wildman–Crippen LogP) is 1.53. The van der Waals surface area contributed by atoms with Crippen molar-refractivity contribution in [2.45, 2.75) is 31.1 Å². The molecule has 0 atom stereocenters. The number of aryl methyl sites for hydroxylation is 2. The van der Waals surface area contributed by atoms with Crippen molar-refractivity contribution in [1.82, 2.24) is 20.2 Å². The molecule has 2 aromatic rings. The average molecular weight is 365 g/mol. The van der Waals surface area contributed by atoms with Crippen LogP contribution in [0.4, 0.5) is 5.95 Å². The number of aromatic nitrogens is 4. The molecule has 1 aromatic heterocycles. The van der Waals surface area contributed by atoms with E-state index in [4.69, 9.17) is 4.18 Å². The van der Waals surface area contributed by atoms with Crippen molar-refractivity contribution < 1.29 is 12.6 Å². The monoisotopic (exact) mass is 365 g/mol. The second-order valence-electron chi connectivity index (χ2n) is 6.41. The van der Waals surface area contributed by atoms with Crippen LogP contribution in [0.15, 0.2) is 29.2 Å². The summed E-state index contributed by atoms with van der Waals surface area (Å²) in [6.07, 6.45) is 2.68. The molecule has 0 bridgehead atoms. The molecule has 1 saturated heterocycles. The summed E-state index contributed by atoms with van der Waals surface area (Å²) in [5.41, 5.74) is 1.02. The lowest BCUT2D eigenvalue weighted by Gasteiger charge is -2.31. The minimum atomic E-state index is -3.67. The molecular weight excluding hydrogens is 342 g/mol. The summed E-state index contributed by atoms with van der Waals surface area (Å²) in [5.74, 6) is 1.22. The lowest BCUT2D eigenvalue weighted by Crippen LogP contribution is -2.35. The van der Waals surface area contributed by atoms with E-state index in [0.717, 1.165) is 43.9 Å². The Hall–Kier alpha value is -2.00. The summed E-state index contributed by atoms with van der Waals surface area (Å²) >= 11 is 0. The van der Waals surface area contributed by atoms with Crippen molar-refractivity contribution in [2.75, 3.05) is 24.6 Å². The van der Waals surface area contributed by atoms with Crippen molar-refractivity contribution >= 4 is 16.1 Å². The van der Waals surface area contributed by atoms with E-state index in [2.05, 4.69) is 20.4 Å². The van der Waals surface area contributed by atoms with Crippen molar-refractivity contribution in [2.24, 2.45) is 13.0 Å². The fraction of sp³-hybridized carbons (Fsp3) is 0.562. The Balaban J connectivity index is 1.46. The minimum Gasteiger partial charge on any atom is -0.340 e. The van der Waals surface area contributed by atoms with E-state index in [1.165, 1.54) is 0 Å². The molecule has 8 nitrogen and oxygen atoms in total. The van der Waals surface area contributed by atoms with Crippen LogP contribution in [0.5, 0.6) is 0 Å². The molecule has 0 spiro atoms. The molecule has 3 rings (SSSR count). The van der Waals surface area contributed by atoms with Gasteiger partial charge in [-0.3, -0.25) is 4.18 Å². The normalized spacial score (nSPS) is 16.3. The van der Waals surface area contributed by atoms with Crippen LogP contribution in [-0.4, -0.2) is 48.3 Å². The maximum Gasteiger partial charge on any atom is 0.296 e. The Morgan fingerprint density at radius 3 is 2.48 bits per heavy atom. The highest BCUT2D eigenvalue weighted by Crippen LogP contribution is 2.24. The van der Waals surface area contributed by atoms with Crippen LogP contribution < -0.4 is 4.90 Å². The standard InChI is InChI=1S/C16H23N5O3S/c1-13-3-5-15(6-4-13)25(22,23)24-12-9-14-7-10-21(11-8-14)16-17-18-19-20(16)2/h3-6,14H,7-12H2,1-2H3. The first-order chi connectivity index (χ1) is 12.0. The van der Waals surface area contributed by atoms with Crippen LogP contribution in [0.2, 0.25) is 0 Å². The van der Waals surface area contributed by atoms with Gasteiger partial charge in [0.25, 0.3) is 10.1 Å². The zero-order chi connectivity index (χ0) is 17.9. The zero-order valence-corrected chi connectivity index (χ0v) is 15.3. The van der Waals surface area contributed by atoms with Crippen LogP contribution in [0.25, 0.3) is 0 Å². The van der Waals surface area contributed by atoms with Crippen LogP contribution in [0, 0.1) is 12.8 Å². The summed E-state index contributed by atoms with van der Waals surface area (Å²) in [6.45, 7) is 3.86. The topological polar surface area (TPSA) is 90.2 Å². The molecule has 0 unspecified atom stereocenters. The van der Waals surface area contributed by atoms with Crippen molar-refractivity contribution in [3.05, 3.63) is 29.8 Å². The predicted molar refractivity (Wildman–Crippen MR) is 92.7 cm³/mol. The third-order valence-corrected chi connectivity index (χ3v) is 5.90. The van der Waals surface area contributed by atoms with Crippen molar-refractivity contribution in [1.29, 1.82) is 0 Å². The van der Waals surface area contributed by atoms with Crippen LogP contribution in [0.1, 0.15) is 24.8 Å². The molecule has 25 heavy (non-hydrogen) atoms. The van der Waals surface area contributed by atoms with Gasteiger partial charge >= 0.3 is 0 Å². The third kappa shape index (κ3) is 4.35. The summed E-state index contributed by atoms with van der Waals surface area (Å²) < 4.78 is 31.2. The van der Waals surface area contributed by atoms with E-state index in [-0.39, 0.29) is 11.5 Å². The summed E-state index contributed by atoms with van der Waals surface area (Å²) in [4.78, 5) is 2.36. The SMILES string of the molecule is Cc1ccc(S(=O)(=O)OCCC2CCN(c3nnnn3C)CC2)cc1. The number of benzene rings is 1. The Morgan fingerprint density at radius 2 is 1.88 bits per heavy atom. The molecule has 1 aliphatic rings. The highest BCUT2D eigenvalue weighted by atomic mass is 32.2. The number of rotatable bonds is 6. The summed E-state index contributed by atoms with van der Waals surface area (Å²) in [6, 6.07) is 6.71. The summed E-state index contributed by atoms with van der Waals surface area (Å²) in [5, 5.41) is 11.5. The van der Waals surface area contributed by atoms with Gasteiger partial charge in [-0.25, -0.2) is 4.68 Å². The Bertz CT molecular complexity index is 795. The lowest BCUT2D eigenvalue weighted by atomic mass is 9.94. The van der Waals surface area contributed by atoms with Gasteiger partial charge in [-0.2, -0.15) is 8.42 Å². The van der Waals surface area contributed by atoms with E-state index < -0.39 is 10.1 Å². The molecule has 0 amide bonds. The highest BCUT2D eigenvalue weighted by molar-refractivity contribution is 7.86. The molecule has 0 radical (unpaired) electrons. The van der Waals surface area contributed by atoms with E-state index in [1.807, 2.05) is 14.0 Å². The van der Waals surface area contributed by atoms with Gasteiger partial charge in [0.1, 0.15) is 0 Å². The first-order valence-electron chi connectivity index (χ1n) is 8.39. The Morgan fingerprint density at radius 1 is 1.20 bits per heavy atom. The number of piperidine rings is 1. The van der Waals surface area contributed by atoms with E-state index in [9.17, 15) is 8.42 Å². The lowest BCUT2D eigenvalue weighted by molar-refractivity contribution is 0.261. The quantitative estimate of drug-likeness (QED) is 0.717. The van der Waals surface area contributed by atoms with Crippen LogP contribution in [0.3, 0.4) is 0 Å². The van der Waals surface area contributed by atoms with Gasteiger partial charge in [0, 0.05) is 20.1 Å². The number of hydrogen-bond acceptors (Lipinski definition) is 7. The molecule has 0 saturated carbocycles. The fourth-order valence-electron chi connectivity index (χ4n) is 3.01. The van der Waals surface area contributed by atoms with Gasteiger partial charge in [0.2, 0.25) is 5.95 Å². The molecule has 0 N–H and O–H groups in total. The van der Waals surface area contributed by atoms with Crippen LogP contribution >= 0.6 is 0 Å². The fourth-order valence-corrected chi connectivity index (χ4v) is 3.93. The van der Waals surface area contributed by atoms with Gasteiger partial charge in [-0.05, 0) is 54.7 Å².